The van der Waals surface area contributed by atoms with E-state index in [0.29, 0.717) is 23.7 Å². The Morgan fingerprint density at radius 3 is 2.81 bits per heavy atom. The highest BCUT2D eigenvalue weighted by Gasteiger charge is 2.19. The molecule has 1 aromatic heterocycles. The van der Waals surface area contributed by atoms with Crippen LogP contribution in [0.15, 0.2) is 15.5 Å². The van der Waals surface area contributed by atoms with Gasteiger partial charge in [-0.1, -0.05) is 6.92 Å². The van der Waals surface area contributed by atoms with Crippen molar-refractivity contribution >= 4 is 21.6 Å². The van der Waals surface area contributed by atoms with Crippen molar-refractivity contribution in [2.24, 2.45) is 0 Å². The smallest absolute Gasteiger partial charge is 0.283 e. The van der Waals surface area contributed by atoms with Gasteiger partial charge in [-0.05, 0) is 35.3 Å². The normalized spacial score (nSPS) is 17.1. The van der Waals surface area contributed by atoms with Crippen molar-refractivity contribution in [1.29, 1.82) is 0 Å². The summed E-state index contributed by atoms with van der Waals surface area (Å²) in [5, 5.41) is 7.63. The van der Waals surface area contributed by atoms with E-state index in [2.05, 4.69) is 38.2 Å². The van der Waals surface area contributed by atoms with Crippen molar-refractivity contribution in [2.45, 2.75) is 32.4 Å². The van der Waals surface area contributed by atoms with E-state index in [0.717, 1.165) is 38.2 Å². The van der Waals surface area contributed by atoms with Gasteiger partial charge in [0.15, 0.2) is 0 Å². The van der Waals surface area contributed by atoms with Crippen molar-refractivity contribution in [3.8, 4) is 0 Å². The van der Waals surface area contributed by atoms with Crippen molar-refractivity contribution in [1.82, 2.24) is 14.7 Å². The molecule has 0 radical (unpaired) electrons. The lowest BCUT2D eigenvalue weighted by atomic mass is 10.1. The molecular formula is C14H23BrN4O2. The molecule has 0 aliphatic carbocycles. The van der Waals surface area contributed by atoms with E-state index in [1.807, 2.05) is 0 Å². The van der Waals surface area contributed by atoms with Gasteiger partial charge in [-0.3, -0.25) is 4.79 Å². The van der Waals surface area contributed by atoms with Crippen LogP contribution in [-0.4, -0.2) is 54.1 Å². The highest BCUT2D eigenvalue weighted by Crippen LogP contribution is 2.21. The second-order valence-electron chi connectivity index (χ2n) is 5.25. The summed E-state index contributed by atoms with van der Waals surface area (Å²) < 4.78 is 6.94. The number of hydrogen-bond acceptors (Lipinski definition) is 5. The Kier molecular flexibility index (Phi) is 6.20. The van der Waals surface area contributed by atoms with Crippen LogP contribution in [0.3, 0.4) is 0 Å². The Morgan fingerprint density at radius 2 is 2.19 bits per heavy atom. The number of nitrogens with one attached hydrogen (secondary N) is 1. The Labute approximate surface area is 133 Å². The van der Waals surface area contributed by atoms with Gasteiger partial charge in [0, 0.05) is 26.2 Å². The van der Waals surface area contributed by atoms with E-state index in [4.69, 9.17) is 4.74 Å². The molecule has 0 saturated carbocycles. The van der Waals surface area contributed by atoms with Crippen LogP contribution >= 0.6 is 15.9 Å². The summed E-state index contributed by atoms with van der Waals surface area (Å²) >= 11 is 3.39. The molecule has 1 aliphatic heterocycles. The quantitative estimate of drug-likeness (QED) is 0.835. The van der Waals surface area contributed by atoms with Crippen molar-refractivity contribution in [2.75, 3.05) is 38.7 Å². The fourth-order valence-electron chi connectivity index (χ4n) is 2.52. The number of rotatable bonds is 6. The fraction of sp³-hybridized carbons (Fsp3) is 0.714. The molecule has 6 nitrogen and oxygen atoms in total. The zero-order valence-corrected chi connectivity index (χ0v) is 14.2. The maximum Gasteiger partial charge on any atom is 0.283 e. The molecule has 0 aromatic carbocycles. The molecule has 1 saturated heterocycles. The zero-order valence-electron chi connectivity index (χ0n) is 12.6. The molecular weight excluding hydrogens is 336 g/mol. The van der Waals surface area contributed by atoms with Crippen LogP contribution in [0, 0.1) is 0 Å². The van der Waals surface area contributed by atoms with Gasteiger partial charge in [0.1, 0.15) is 4.47 Å². The minimum absolute atomic E-state index is 0.122. The molecule has 0 spiro atoms. The average Bonchev–Trinajstić information content (AvgIpc) is 2.52. The van der Waals surface area contributed by atoms with E-state index in [1.54, 1.807) is 13.3 Å². The van der Waals surface area contributed by atoms with Gasteiger partial charge in [-0.25, -0.2) is 4.68 Å². The lowest BCUT2D eigenvalue weighted by Gasteiger charge is -2.32. The maximum atomic E-state index is 12.2. The largest absolute Gasteiger partial charge is 0.383 e. The summed E-state index contributed by atoms with van der Waals surface area (Å²) in [5.41, 5.74) is 0.659. The summed E-state index contributed by atoms with van der Waals surface area (Å²) in [5.74, 6) is 0. The summed E-state index contributed by atoms with van der Waals surface area (Å²) in [6, 6.07) is 0.403. The first-order chi connectivity index (χ1) is 10.2. The van der Waals surface area contributed by atoms with E-state index in [-0.39, 0.29) is 5.56 Å². The molecule has 1 N–H and O–H groups in total. The number of ether oxygens (including phenoxy) is 1. The van der Waals surface area contributed by atoms with Crippen molar-refractivity contribution < 1.29 is 4.74 Å². The summed E-state index contributed by atoms with van der Waals surface area (Å²) in [4.78, 5) is 14.6. The van der Waals surface area contributed by atoms with Gasteiger partial charge < -0.3 is 15.0 Å². The number of piperidine rings is 1. The van der Waals surface area contributed by atoms with Crippen molar-refractivity contribution in [3.63, 3.8) is 0 Å². The molecule has 21 heavy (non-hydrogen) atoms. The summed E-state index contributed by atoms with van der Waals surface area (Å²) in [6.07, 6.45) is 3.90. The Balaban J connectivity index is 2.01. The molecule has 7 heteroatoms. The van der Waals surface area contributed by atoms with Crippen LogP contribution in [-0.2, 0) is 11.3 Å². The molecule has 118 valence electrons. The number of likely N-dealkylation sites (tertiary alicyclic amines) is 1. The third-order valence-corrected chi connectivity index (χ3v) is 4.65. The van der Waals surface area contributed by atoms with Crippen LogP contribution in [0.1, 0.15) is 19.8 Å². The number of anilines is 1. The van der Waals surface area contributed by atoms with Gasteiger partial charge in [0.2, 0.25) is 0 Å². The first-order valence-electron chi connectivity index (χ1n) is 7.39. The van der Waals surface area contributed by atoms with E-state index >= 15 is 0 Å². The number of nitrogens with zero attached hydrogens (tertiary/aromatic N) is 3. The predicted octanol–water partition coefficient (Wildman–Crippen LogP) is 1.55. The highest BCUT2D eigenvalue weighted by molar-refractivity contribution is 9.10. The second kappa shape index (κ2) is 7.91. The van der Waals surface area contributed by atoms with Gasteiger partial charge in [-0.15, -0.1) is 0 Å². The van der Waals surface area contributed by atoms with E-state index in [1.165, 1.54) is 4.68 Å². The standard InChI is InChI=1S/C14H23BrN4O2/c1-3-18-6-4-11(5-7-18)17-12-10-16-19(8-9-21-2)14(20)13(12)15/h10-11,17H,3-9H2,1-2H3. The Hall–Kier alpha value is -0.920. The molecule has 1 aliphatic rings. The van der Waals surface area contributed by atoms with Crippen LogP contribution in [0.2, 0.25) is 0 Å². The van der Waals surface area contributed by atoms with Gasteiger partial charge >= 0.3 is 0 Å². The lowest BCUT2D eigenvalue weighted by molar-refractivity contribution is 0.181. The molecule has 1 aromatic rings. The van der Waals surface area contributed by atoms with E-state index < -0.39 is 0 Å². The SMILES string of the molecule is CCN1CCC(Nc2cnn(CCOC)c(=O)c2Br)CC1. The molecule has 1 fully saturated rings. The monoisotopic (exact) mass is 358 g/mol. The molecule has 0 atom stereocenters. The number of methoxy groups -OCH3 is 1. The van der Waals surface area contributed by atoms with Crippen LogP contribution in [0.5, 0.6) is 0 Å². The molecule has 2 heterocycles. The summed E-state index contributed by atoms with van der Waals surface area (Å²) in [6.45, 7) is 6.43. The first kappa shape index (κ1) is 16.5. The minimum atomic E-state index is -0.122. The molecule has 0 amide bonds. The third-order valence-electron chi connectivity index (χ3n) is 3.89. The maximum absolute atomic E-state index is 12.2. The Morgan fingerprint density at radius 1 is 1.48 bits per heavy atom. The predicted molar refractivity (Wildman–Crippen MR) is 86.8 cm³/mol. The number of aromatic nitrogens is 2. The van der Waals surface area contributed by atoms with Gasteiger partial charge in [0.25, 0.3) is 5.56 Å². The molecule has 0 bridgehead atoms. The number of hydrogen-bond donors (Lipinski definition) is 1. The topological polar surface area (TPSA) is 59.4 Å². The summed E-state index contributed by atoms with van der Waals surface area (Å²) in [7, 11) is 1.61. The number of halogens is 1. The zero-order chi connectivity index (χ0) is 15.2. The van der Waals surface area contributed by atoms with E-state index in [9.17, 15) is 4.79 Å². The third kappa shape index (κ3) is 4.28. The average molecular weight is 359 g/mol. The molecule has 0 unspecified atom stereocenters. The van der Waals surface area contributed by atoms with Crippen LogP contribution in [0.4, 0.5) is 5.69 Å². The minimum Gasteiger partial charge on any atom is -0.383 e. The second-order valence-corrected chi connectivity index (χ2v) is 6.04. The first-order valence-corrected chi connectivity index (χ1v) is 8.18. The van der Waals surface area contributed by atoms with Crippen LogP contribution < -0.4 is 10.9 Å². The van der Waals surface area contributed by atoms with Crippen molar-refractivity contribution in [3.05, 3.63) is 21.0 Å². The Bertz CT molecular complexity index is 512. The van der Waals surface area contributed by atoms with Crippen LogP contribution in [0.25, 0.3) is 0 Å². The molecule has 2 rings (SSSR count). The van der Waals surface area contributed by atoms with Gasteiger partial charge in [0.05, 0.1) is 25.0 Å². The van der Waals surface area contributed by atoms with Gasteiger partial charge in [-0.2, -0.15) is 5.10 Å². The highest BCUT2D eigenvalue weighted by atomic mass is 79.9. The fourth-order valence-corrected chi connectivity index (χ4v) is 2.94. The lowest BCUT2D eigenvalue weighted by Crippen LogP contribution is -2.39.